The molecule has 0 aromatic heterocycles. The lowest BCUT2D eigenvalue weighted by Gasteiger charge is -2.28. The third kappa shape index (κ3) is 2.46. The van der Waals surface area contributed by atoms with Crippen molar-refractivity contribution in [3.05, 3.63) is 35.4 Å². The zero-order valence-electron chi connectivity index (χ0n) is 10.7. The first kappa shape index (κ1) is 13.6. The van der Waals surface area contributed by atoms with Gasteiger partial charge in [0.25, 0.3) is 0 Å². The quantitative estimate of drug-likeness (QED) is 0.776. The maximum atomic E-state index is 8.32. The highest BCUT2D eigenvalue weighted by molar-refractivity contribution is 8.93. The maximum Gasteiger partial charge on any atom is 0.128 e. The lowest BCUT2D eigenvalue weighted by Crippen LogP contribution is -2.35. The van der Waals surface area contributed by atoms with Gasteiger partial charge < -0.3 is 4.90 Å². The van der Waals surface area contributed by atoms with Crippen LogP contribution in [0.2, 0.25) is 0 Å². The van der Waals surface area contributed by atoms with Gasteiger partial charge in [-0.25, -0.2) is 0 Å². The molecule has 1 aromatic rings. The number of rotatable bonds is 1. The first-order valence-electron chi connectivity index (χ1n) is 6.80. The number of benzene rings is 1. The Bertz CT molecular complexity index is 422. The van der Waals surface area contributed by atoms with E-state index in [1.807, 2.05) is 6.07 Å². The standard InChI is InChI=1S/C15H20N2.BrH/c16-15-14-10-6-5-7-12(14)11-17(15)13-8-3-1-2-4-9-13;/h5-7,10,13,16H,1-4,8-9,11H2;1H. The number of amidine groups is 1. The summed E-state index contributed by atoms with van der Waals surface area (Å²) in [5.74, 6) is 0.757. The molecule has 3 heteroatoms. The predicted molar refractivity (Wildman–Crippen MR) is 80.6 cm³/mol. The molecule has 0 unspecified atom stereocenters. The summed E-state index contributed by atoms with van der Waals surface area (Å²) in [7, 11) is 0. The van der Waals surface area contributed by atoms with Crippen LogP contribution in [0.1, 0.15) is 49.7 Å². The first-order valence-corrected chi connectivity index (χ1v) is 6.80. The van der Waals surface area contributed by atoms with Gasteiger partial charge in [0, 0.05) is 18.2 Å². The average molecular weight is 309 g/mol. The number of nitrogens with one attached hydrogen (secondary N) is 1. The molecule has 0 atom stereocenters. The predicted octanol–water partition coefficient (Wildman–Crippen LogP) is 4.13. The molecule has 98 valence electrons. The molecule has 1 N–H and O–H groups in total. The van der Waals surface area contributed by atoms with Crippen LogP contribution in [0.15, 0.2) is 24.3 Å². The van der Waals surface area contributed by atoms with Crippen LogP contribution >= 0.6 is 17.0 Å². The van der Waals surface area contributed by atoms with Crippen LogP contribution in [-0.4, -0.2) is 16.8 Å². The third-order valence-corrected chi connectivity index (χ3v) is 4.17. The number of nitrogens with zero attached hydrogens (tertiary/aromatic N) is 1. The summed E-state index contributed by atoms with van der Waals surface area (Å²) in [6.07, 6.45) is 7.98. The van der Waals surface area contributed by atoms with Gasteiger partial charge in [0.2, 0.25) is 0 Å². The summed E-state index contributed by atoms with van der Waals surface area (Å²) in [6.45, 7) is 0.958. The lowest BCUT2D eigenvalue weighted by molar-refractivity contribution is 0.285. The minimum absolute atomic E-state index is 0. The van der Waals surface area contributed by atoms with Crippen molar-refractivity contribution in [2.75, 3.05) is 0 Å². The molecule has 1 fully saturated rings. The fourth-order valence-electron chi connectivity index (χ4n) is 3.19. The molecule has 1 aromatic carbocycles. The van der Waals surface area contributed by atoms with Crippen LogP contribution in [-0.2, 0) is 6.54 Å². The SMILES string of the molecule is Br.N=C1c2ccccc2CN1C1CCCCCC1. The number of hydrogen-bond donors (Lipinski definition) is 1. The van der Waals surface area contributed by atoms with Gasteiger partial charge in [-0.1, -0.05) is 49.9 Å². The van der Waals surface area contributed by atoms with Crippen molar-refractivity contribution in [1.29, 1.82) is 5.41 Å². The Kier molecular flexibility index (Phi) is 4.44. The van der Waals surface area contributed by atoms with Gasteiger partial charge in [0.1, 0.15) is 5.84 Å². The highest BCUT2D eigenvalue weighted by Gasteiger charge is 2.29. The molecule has 1 heterocycles. The van der Waals surface area contributed by atoms with E-state index in [0.717, 1.165) is 17.9 Å². The van der Waals surface area contributed by atoms with Crippen LogP contribution in [0, 0.1) is 5.41 Å². The Morgan fingerprint density at radius 1 is 1.00 bits per heavy atom. The van der Waals surface area contributed by atoms with Gasteiger partial charge in [-0.3, -0.25) is 5.41 Å². The van der Waals surface area contributed by atoms with Gasteiger partial charge in [0.05, 0.1) is 0 Å². The average Bonchev–Trinajstić information content (AvgIpc) is 2.57. The van der Waals surface area contributed by atoms with Crippen LogP contribution in [0.25, 0.3) is 0 Å². The fourth-order valence-corrected chi connectivity index (χ4v) is 3.19. The molecule has 1 aliphatic carbocycles. The molecule has 0 spiro atoms. The van der Waals surface area contributed by atoms with Crippen LogP contribution in [0.3, 0.4) is 0 Å². The van der Waals surface area contributed by atoms with Gasteiger partial charge >= 0.3 is 0 Å². The zero-order valence-corrected chi connectivity index (χ0v) is 12.4. The molecule has 0 bridgehead atoms. The van der Waals surface area contributed by atoms with E-state index in [0.29, 0.717) is 6.04 Å². The highest BCUT2D eigenvalue weighted by Crippen LogP contribution is 2.29. The van der Waals surface area contributed by atoms with Crippen molar-refractivity contribution < 1.29 is 0 Å². The van der Waals surface area contributed by atoms with E-state index >= 15 is 0 Å². The summed E-state index contributed by atoms with van der Waals surface area (Å²) in [4.78, 5) is 2.33. The maximum absolute atomic E-state index is 8.32. The Labute approximate surface area is 120 Å². The van der Waals surface area contributed by atoms with Crippen molar-refractivity contribution >= 4 is 22.8 Å². The molecular weight excluding hydrogens is 288 g/mol. The molecule has 1 saturated carbocycles. The molecular formula is C15H21BrN2. The van der Waals surface area contributed by atoms with E-state index in [-0.39, 0.29) is 17.0 Å². The minimum Gasteiger partial charge on any atom is -0.349 e. The Morgan fingerprint density at radius 3 is 2.33 bits per heavy atom. The third-order valence-electron chi connectivity index (χ3n) is 4.17. The summed E-state index contributed by atoms with van der Waals surface area (Å²) in [6, 6.07) is 9.00. The number of halogens is 1. The molecule has 3 rings (SSSR count). The highest BCUT2D eigenvalue weighted by atomic mass is 79.9. The normalized spacial score (nSPS) is 20.2. The van der Waals surface area contributed by atoms with E-state index in [4.69, 9.17) is 5.41 Å². The molecule has 2 aliphatic rings. The monoisotopic (exact) mass is 308 g/mol. The first-order chi connectivity index (χ1) is 8.36. The van der Waals surface area contributed by atoms with Crippen molar-refractivity contribution in [2.45, 2.75) is 51.1 Å². The minimum atomic E-state index is 0. The van der Waals surface area contributed by atoms with E-state index in [1.54, 1.807) is 0 Å². The van der Waals surface area contributed by atoms with Crippen molar-refractivity contribution in [1.82, 2.24) is 4.90 Å². The van der Waals surface area contributed by atoms with Gasteiger partial charge in [-0.2, -0.15) is 0 Å². The fraction of sp³-hybridized carbons (Fsp3) is 0.533. The van der Waals surface area contributed by atoms with E-state index in [9.17, 15) is 0 Å². The van der Waals surface area contributed by atoms with Gasteiger partial charge in [-0.15, -0.1) is 17.0 Å². The summed E-state index contributed by atoms with van der Waals surface area (Å²) < 4.78 is 0. The van der Waals surface area contributed by atoms with Crippen molar-refractivity contribution in [2.24, 2.45) is 0 Å². The summed E-state index contributed by atoms with van der Waals surface area (Å²) in [5, 5.41) is 8.32. The zero-order chi connectivity index (χ0) is 11.7. The van der Waals surface area contributed by atoms with Crippen LogP contribution in [0.5, 0.6) is 0 Å². The van der Waals surface area contributed by atoms with E-state index in [2.05, 4.69) is 23.1 Å². The molecule has 2 nitrogen and oxygen atoms in total. The van der Waals surface area contributed by atoms with Crippen LogP contribution in [0.4, 0.5) is 0 Å². The topological polar surface area (TPSA) is 27.1 Å². The lowest BCUT2D eigenvalue weighted by atomic mass is 10.1. The smallest absolute Gasteiger partial charge is 0.128 e. The molecule has 0 radical (unpaired) electrons. The van der Waals surface area contributed by atoms with Gasteiger partial charge in [-0.05, 0) is 18.4 Å². The largest absolute Gasteiger partial charge is 0.349 e. The second-order valence-corrected chi connectivity index (χ2v) is 5.28. The van der Waals surface area contributed by atoms with Crippen molar-refractivity contribution in [3.63, 3.8) is 0 Å². The second kappa shape index (κ2) is 5.87. The molecule has 0 saturated heterocycles. The Morgan fingerprint density at radius 2 is 1.67 bits per heavy atom. The molecule has 0 amide bonds. The van der Waals surface area contributed by atoms with Gasteiger partial charge in [0.15, 0.2) is 0 Å². The summed E-state index contributed by atoms with van der Waals surface area (Å²) in [5.41, 5.74) is 2.48. The van der Waals surface area contributed by atoms with E-state index < -0.39 is 0 Å². The number of hydrogen-bond acceptors (Lipinski definition) is 1. The molecule has 18 heavy (non-hydrogen) atoms. The van der Waals surface area contributed by atoms with Crippen molar-refractivity contribution in [3.8, 4) is 0 Å². The van der Waals surface area contributed by atoms with E-state index in [1.165, 1.54) is 44.1 Å². The Balaban J connectivity index is 0.00000120. The second-order valence-electron chi connectivity index (χ2n) is 5.28. The van der Waals surface area contributed by atoms with Crippen LogP contribution < -0.4 is 0 Å². The number of fused-ring (bicyclic) bond motifs is 1. The molecule has 1 aliphatic heterocycles. The summed E-state index contributed by atoms with van der Waals surface area (Å²) >= 11 is 0. The Hall–Kier alpha value is -0.830.